The fourth-order valence-corrected chi connectivity index (χ4v) is 4.93. The summed E-state index contributed by atoms with van der Waals surface area (Å²) in [6, 6.07) is 17.0. The Labute approximate surface area is 196 Å². The first-order chi connectivity index (χ1) is 14.1. The molecule has 2 aromatic carbocycles. The molecule has 1 N–H and O–H groups in total. The van der Waals surface area contributed by atoms with Gasteiger partial charge in [0.15, 0.2) is 11.6 Å². The number of benzene rings is 2. The second kappa shape index (κ2) is 8.59. The van der Waals surface area contributed by atoms with Crippen LogP contribution >= 0.6 is 41.7 Å². The van der Waals surface area contributed by atoms with E-state index in [1.54, 1.807) is 0 Å². The smallest absolute Gasteiger partial charge is 0.197 e. The lowest BCUT2D eigenvalue weighted by Gasteiger charge is -2.25. The van der Waals surface area contributed by atoms with Gasteiger partial charge in [-0.25, -0.2) is 9.79 Å². The molecule has 1 fully saturated rings. The number of anilines is 1. The highest BCUT2D eigenvalue weighted by atomic mass is 79.9. The molecule has 0 aliphatic heterocycles. The molecule has 30 heavy (non-hydrogen) atoms. The van der Waals surface area contributed by atoms with Crippen LogP contribution in [0.4, 0.5) is 5.82 Å². The van der Waals surface area contributed by atoms with E-state index >= 15 is 0 Å². The van der Waals surface area contributed by atoms with Gasteiger partial charge in [-0.3, -0.25) is 0 Å². The van der Waals surface area contributed by atoms with Crippen LogP contribution in [-0.4, -0.2) is 16.5 Å². The van der Waals surface area contributed by atoms with Crippen LogP contribution in [-0.2, 0) is 16.1 Å². The van der Waals surface area contributed by atoms with Crippen LogP contribution in [0.3, 0.4) is 0 Å². The van der Waals surface area contributed by atoms with E-state index in [9.17, 15) is 0 Å². The van der Waals surface area contributed by atoms with Gasteiger partial charge in [-0.1, -0.05) is 57.5 Å². The molecule has 0 amide bonds. The van der Waals surface area contributed by atoms with E-state index in [1.165, 1.54) is 36.2 Å². The zero-order valence-corrected chi connectivity index (χ0v) is 20.2. The number of nitrogens with zero attached hydrogens (tertiary/aromatic N) is 2. The number of rotatable bonds is 6. The van der Waals surface area contributed by atoms with Crippen molar-refractivity contribution in [2.45, 2.75) is 37.6 Å². The Morgan fingerprint density at radius 2 is 2.00 bits per heavy atom. The van der Waals surface area contributed by atoms with Crippen LogP contribution in [0.25, 0.3) is 11.3 Å². The van der Waals surface area contributed by atoms with E-state index < -0.39 is 0 Å². The monoisotopic (exact) mass is 505 g/mol. The molecule has 1 aromatic heterocycles. The largest absolute Gasteiger partial charge is 0.354 e. The van der Waals surface area contributed by atoms with Crippen LogP contribution in [0.2, 0.25) is 0 Å². The predicted molar refractivity (Wildman–Crippen MR) is 130 cm³/mol. The van der Waals surface area contributed by atoms with Gasteiger partial charge in [0.05, 0.1) is 0 Å². The molecule has 3 aromatic rings. The van der Waals surface area contributed by atoms with Gasteiger partial charge >= 0.3 is 0 Å². The third-order valence-corrected chi connectivity index (χ3v) is 7.28. The van der Waals surface area contributed by atoms with Crippen molar-refractivity contribution in [2.24, 2.45) is 0 Å². The molecule has 158 valence electrons. The molecule has 0 unspecified atom stereocenters. The van der Waals surface area contributed by atoms with Crippen LogP contribution in [0.5, 0.6) is 0 Å². The van der Waals surface area contributed by atoms with Crippen molar-refractivity contribution in [3.8, 4) is 11.3 Å². The lowest BCUT2D eigenvalue weighted by atomic mass is 9.79. The molecule has 1 heterocycles. The minimum atomic E-state index is 0. The Morgan fingerprint density at radius 1 is 1.23 bits per heavy atom. The van der Waals surface area contributed by atoms with Gasteiger partial charge in [-0.05, 0) is 49.4 Å². The molecule has 0 bridgehead atoms. The van der Waals surface area contributed by atoms with Crippen LogP contribution in [0, 0.1) is 0 Å². The first-order valence-corrected chi connectivity index (χ1v) is 11.2. The number of fused-ring (bicyclic) bond motifs is 4. The number of hydrogen-bond donors (Lipinski definition) is 1. The first kappa shape index (κ1) is 21.8. The van der Waals surface area contributed by atoms with Crippen molar-refractivity contribution >= 4 is 47.5 Å². The normalized spacial score (nSPS) is 16.5. The maximum atomic E-state index is 5.73. The van der Waals surface area contributed by atoms with Crippen molar-refractivity contribution in [1.82, 2.24) is 9.46 Å². The van der Waals surface area contributed by atoms with Crippen molar-refractivity contribution in [2.75, 3.05) is 12.5 Å². The summed E-state index contributed by atoms with van der Waals surface area (Å²) < 4.78 is 14.5. The topological polar surface area (TPSA) is 50.5 Å². The fourth-order valence-electron chi connectivity index (χ4n) is 4.09. The second-order valence-corrected chi connectivity index (χ2v) is 9.69. The molecule has 1 saturated carbocycles. The van der Waals surface area contributed by atoms with Gasteiger partial charge in [0.25, 0.3) is 0 Å². The summed E-state index contributed by atoms with van der Waals surface area (Å²) in [5.41, 5.74) is 8.10. The van der Waals surface area contributed by atoms with Gasteiger partial charge < -0.3 is 4.52 Å². The fraction of sp³-hybridized carbons (Fsp3) is 0.318. The molecule has 0 radical (unpaired) electrons. The molecule has 5 rings (SSSR count). The second-order valence-electron chi connectivity index (χ2n) is 7.88. The first-order valence-electron chi connectivity index (χ1n) is 9.74. The summed E-state index contributed by atoms with van der Waals surface area (Å²) in [5.74, 6) is 1.52. The molecular weight excluding hydrogens is 482 g/mol. The Kier molecular flexibility index (Phi) is 6.23. The van der Waals surface area contributed by atoms with Crippen LogP contribution in [0.15, 0.2) is 57.5 Å². The van der Waals surface area contributed by atoms with Crippen LogP contribution in [0.1, 0.15) is 42.5 Å². The molecule has 2 aliphatic carbocycles. The molecule has 5 nitrogen and oxygen atoms in total. The summed E-state index contributed by atoms with van der Waals surface area (Å²) in [7, 11) is 2.01. The van der Waals surface area contributed by atoms with E-state index in [0.717, 1.165) is 27.8 Å². The van der Waals surface area contributed by atoms with E-state index in [0.29, 0.717) is 5.82 Å². The number of halogens is 1. The molecule has 1 atom stereocenters. The van der Waals surface area contributed by atoms with E-state index in [2.05, 4.69) is 80.3 Å². The summed E-state index contributed by atoms with van der Waals surface area (Å²) in [5, 5.41) is 4.26. The third-order valence-electron chi connectivity index (χ3n) is 6.08. The summed E-state index contributed by atoms with van der Waals surface area (Å²) in [6.45, 7) is 2.15. The summed E-state index contributed by atoms with van der Waals surface area (Å²) in [6.07, 6.45) is 3.35. The van der Waals surface area contributed by atoms with E-state index in [1.807, 2.05) is 13.1 Å². The van der Waals surface area contributed by atoms with Crippen molar-refractivity contribution in [3.63, 3.8) is 0 Å². The average molecular weight is 506 g/mol. The molecular formula is C22H24BrN3O2S2. The van der Waals surface area contributed by atoms with E-state index in [4.69, 9.17) is 8.81 Å². The summed E-state index contributed by atoms with van der Waals surface area (Å²) in [4.78, 5) is 0. The van der Waals surface area contributed by atoms with Gasteiger partial charge in [-0.2, -0.15) is 17.8 Å². The van der Waals surface area contributed by atoms with Crippen molar-refractivity contribution in [1.29, 1.82) is 0 Å². The molecule has 1 spiro atoms. The maximum absolute atomic E-state index is 5.73. The van der Waals surface area contributed by atoms with Crippen LogP contribution < -0.4 is 5.48 Å². The Hall–Kier alpha value is -1.45. The Bertz CT molecular complexity index is 1040. The van der Waals surface area contributed by atoms with Gasteiger partial charge in [0, 0.05) is 34.1 Å². The Morgan fingerprint density at radius 3 is 2.73 bits per heavy atom. The van der Waals surface area contributed by atoms with Gasteiger partial charge in [0.2, 0.25) is 0 Å². The Balaban J connectivity index is 0.00000218. The van der Waals surface area contributed by atoms with Crippen molar-refractivity contribution < 1.29 is 8.81 Å². The SMILES string of the molecule is C[C@H](c1ccccc1)N(C)SONc1noc2c1CC1(CC1)c1ccc(Br)cc1-2.S. The maximum Gasteiger partial charge on any atom is 0.197 e. The lowest BCUT2D eigenvalue weighted by Crippen LogP contribution is -2.18. The summed E-state index contributed by atoms with van der Waals surface area (Å²) >= 11 is 4.85. The number of hydrogen-bond acceptors (Lipinski definition) is 6. The zero-order valence-electron chi connectivity index (χ0n) is 16.8. The van der Waals surface area contributed by atoms with Gasteiger partial charge in [-0.15, -0.1) is 0 Å². The minimum Gasteiger partial charge on any atom is -0.354 e. The highest BCUT2D eigenvalue weighted by Crippen LogP contribution is 2.58. The number of aromatic nitrogens is 1. The standard InChI is InChI=1S/C22H22BrN3O2S.H2S/c1-14(15-6-4-3-5-7-15)26(2)29-28-25-21-18-13-22(10-11-22)19-9-8-16(23)12-17(19)20(18)27-24-21;/h3-9,12,14H,10-11,13H2,1-2H3,(H,24,25);1H2/t14-;/m1./s1. The quantitative estimate of drug-likeness (QED) is 0.237. The zero-order chi connectivity index (χ0) is 20.0. The third kappa shape index (κ3) is 3.91. The highest BCUT2D eigenvalue weighted by molar-refractivity contribution is 9.10. The molecule has 2 aliphatic rings. The van der Waals surface area contributed by atoms with Gasteiger partial charge in [0.1, 0.15) is 12.2 Å². The number of nitrogens with one attached hydrogen (secondary N) is 1. The molecule has 8 heteroatoms. The van der Waals surface area contributed by atoms with E-state index in [-0.39, 0.29) is 25.0 Å². The lowest BCUT2D eigenvalue weighted by molar-refractivity contribution is 0.376. The average Bonchev–Trinajstić information content (AvgIpc) is 3.39. The highest BCUT2D eigenvalue weighted by Gasteiger charge is 2.50. The predicted octanol–water partition coefficient (Wildman–Crippen LogP) is 6.40. The van der Waals surface area contributed by atoms with Crippen molar-refractivity contribution in [3.05, 3.63) is 69.7 Å². The minimum absolute atomic E-state index is 0. The molecule has 0 saturated heterocycles.